The molecule has 0 saturated carbocycles. The van der Waals surface area contributed by atoms with Gasteiger partial charge in [-0.3, -0.25) is 4.90 Å². The largest absolute Gasteiger partial charge is 0.381 e. The molecule has 0 spiro atoms. The number of nitrogens with zero attached hydrogens (tertiary/aromatic N) is 4. The van der Waals surface area contributed by atoms with Crippen LogP contribution in [0.3, 0.4) is 0 Å². The van der Waals surface area contributed by atoms with E-state index in [1.807, 2.05) is 18.3 Å². The molecule has 0 unspecified atom stereocenters. The summed E-state index contributed by atoms with van der Waals surface area (Å²) in [6.07, 6.45) is 1.84. The highest BCUT2D eigenvalue weighted by Crippen LogP contribution is 2.14. The molecule has 0 aliphatic carbocycles. The molecule has 0 amide bonds. The molecule has 102 valence electrons. The summed E-state index contributed by atoms with van der Waals surface area (Å²) in [6, 6.07) is 3.92. The van der Waals surface area contributed by atoms with Crippen molar-refractivity contribution in [2.24, 2.45) is 0 Å². The summed E-state index contributed by atoms with van der Waals surface area (Å²) in [5.74, 6) is 0.294. The number of hydrogen-bond acceptors (Lipinski definition) is 6. The number of nitrogens with two attached hydrogens (primary N) is 1. The van der Waals surface area contributed by atoms with E-state index < -0.39 is 0 Å². The van der Waals surface area contributed by atoms with Crippen molar-refractivity contribution in [2.75, 3.05) is 50.4 Å². The molecule has 3 N–H and O–H groups in total. The van der Waals surface area contributed by atoms with Crippen LogP contribution in [0, 0.1) is 0 Å². The molecule has 7 heteroatoms. The summed E-state index contributed by atoms with van der Waals surface area (Å²) < 4.78 is 7.01. The zero-order valence-corrected chi connectivity index (χ0v) is 10.7. The highest BCUT2D eigenvalue weighted by molar-refractivity contribution is 5.67. The molecule has 7 nitrogen and oxygen atoms in total. The quantitative estimate of drug-likeness (QED) is 0.810. The Morgan fingerprint density at radius 1 is 1.37 bits per heavy atom. The first-order chi connectivity index (χ1) is 9.33. The Kier molecular flexibility index (Phi) is 3.47. The number of nitrogen functional groups attached to an aromatic ring is 1. The maximum absolute atomic E-state index is 5.61. The van der Waals surface area contributed by atoms with Crippen molar-refractivity contribution in [3.63, 3.8) is 0 Å². The van der Waals surface area contributed by atoms with Gasteiger partial charge in [-0.25, -0.2) is 4.52 Å². The van der Waals surface area contributed by atoms with Gasteiger partial charge in [0.1, 0.15) is 0 Å². The molecule has 0 bridgehead atoms. The second-order valence-electron chi connectivity index (χ2n) is 4.54. The van der Waals surface area contributed by atoms with Gasteiger partial charge in [-0.1, -0.05) is 0 Å². The standard InChI is InChI=1S/C12H18N6O/c13-12-15-11-10(2-1-4-18(11)16-12)14-3-5-17-6-8-19-9-7-17/h1-2,4,14H,3,5-9H2,(H2,13,16). The van der Waals surface area contributed by atoms with Crippen LogP contribution in [0.2, 0.25) is 0 Å². The summed E-state index contributed by atoms with van der Waals surface area (Å²) in [5.41, 5.74) is 7.34. The molecule has 1 aliphatic heterocycles. The number of ether oxygens (including phenoxy) is 1. The third-order valence-corrected chi connectivity index (χ3v) is 3.23. The van der Waals surface area contributed by atoms with Gasteiger partial charge in [0.05, 0.1) is 18.9 Å². The zero-order valence-electron chi connectivity index (χ0n) is 10.7. The normalized spacial score (nSPS) is 16.8. The Hall–Kier alpha value is -1.86. The van der Waals surface area contributed by atoms with E-state index in [4.69, 9.17) is 10.5 Å². The second-order valence-corrected chi connectivity index (χ2v) is 4.54. The zero-order chi connectivity index (χ0) is 13.1. The first-order valence-electron chi connectivity index (χ1n) is 6.48. The Morgan fingerprint density at radius 3 is 3.05 bits per heavy atom. The van der Waals surface area contributed by atoms with Gasteiger partial charge in [-0.2, -0.15) is 4.98 Å². The van der Waals surface area contributed by atoms with Crippen molar-refractivity contribution in [1.29, 1.82) is 0 Å². The number of aromatic nitrogens is 3. The molecule has 0 atom stereocenters. The van der Waals surface area contributed by atoms with Crippen LogP contribution in [0.4, 0.5) is 11.6 Å². The minimum absolute atomic E-state index is 0.294. The average molecular weight is 262 g/mol. The van der Waals surface area contributed by atoms with Crippen molar-refractivity contribution < 1.29 is 4.74 Å². The van der Waals surface area contributed by atoms with Crippen molar-refractivity contribution in [1.82, 2.24) is 19.5 Å². The summed E-state index contributed by atoms with van der Waals surface area (Å²) >= 11 is 0. The lowest BCUT2D eigenvalue weighted by atomic mass is 10.3. The van der Waals surface area contributed by atoms with Gasteiger partial charge in [-0.05, 0) is 12.1 Å². The molecule has 2 aromatic heterocycles. The maximum atomic E-state index is 5.61. The fourth-order valence-corrected chi connectivity index (χ4v) is 2.23. The molecular weight excluding hydrogens is 244 g/mol. The number of fused-ring (bicyclic) bond motifs is 1. The van der Waals surface area contributed by atoms with Gasteiger partial charge in [-0.15, -0.1) is 5.10 Å². The van der Waals surface area contributed by atoms with E-state index in [1.165, 1.54) is 0 Å². The van der Waals surface area contributed by atoms with Gasteiger partial charge < -0.3 is 15.8 Å². The summed E-state index contributed by atoms with van der Waals surface area (Å²) in [5, 5.41) is 7.48. The highest BCUT2D eigenvalue weighted by Gasteiger charge is 2.10. The summed E-state index contributed by atoms with van der Waals surface area (Å²) in [4.78, 5) is 6.60. The first kappa shape index (κ1) is 12.2. The predicted octanol–water partition coefficient (Wildman–Crippen LogP) is 0.0556. The molecule has 3 rings (SSSR count). The summed E-state index contributed by atoms with van der Waals surface area (Å²) in [7, 11) is 0. The number of hydrogen-bond donors (Lipinski definition) is 2. The van der Waals surface area contributed by atoms with Gasteiger partial charge in [0.25, 0.3) is 0 Å². The van der Waals surface area contributed by atoms with Crippen LogP contribution in [0.15, 0.2) is 18.3 Å². The molecule has 19 heavy (non-hydrogen) atoms. The highest BCUT2D eigenvalue weighted by atomic mass is 16.5. The first-order valence-corrected chi connectivity index (χ1v) is 6.48. The Labute approximate surface area is 111 Å². The minimum atomic E-state index is 0.294. The van der Waals surface area contributed by atoms with Crippen molar-refractivity contribution in [3.8, 4) is 0 Å². The third kappa shape index (κ3) is 2.77. The number of pyridine rings is 1. The minimum Gasteiger partial charge on any atom is -0.381 e. The lowest BCUT2D eigenvalue weighted by Gasteiger charge is -2.26. The molecule has 1 aliphatic rings. The Balaban J connectivity index is 1.61. The molecule has 1 saturated heterocycles. The fourth-order valence-electron chi connectivity index (χ4n) is 2.23. The molecule has 1 fully saturated rings. The monoisotopic (exact) mass is 262 g/mol. The van der Waals surface area contributed by atoms with E-state index in [1.54, 1.807) is 4.52 Å². The third-order valence-electron chi connectivity index (χ3n) is 3.23. The number of rotatable bonds is 4. The van der Waals surface area contributed by atoms with Gasteiger partial charge in [0, 0.05) is 32.4 Å². The van der Waals surface area contributed by atoms with Gasteiger partial charge in [0.2, 0.25) is 5.95 Å². The van der Waals surface area contributed by atoms with E-state index in [0.29, 0.717) is 5.95 Å². The number of nitrogens with one attached hydrogen (secondary N) is 1. The maximum Gasteiger partial charge on any atom is 0.240 e. The van der Waals surface area contributed by atoms with Crippen LogP contribution < -0.4 is 11.1 Å². The lowest BCUT2D eigenvalue weighted by Crippen LogP contribution is -2.39. The van der Waals surface area contributed by atoms with Crippen LogP contribution in [0.1, 0.15) is 0 Å². The van der Waals surface area contributed by atoms with E-state index in [2.05, 4.69) is 20.3 Å². The van der Waals surface area contributed by atoms with Crippen LogP contribution in [-0.4, -0.2) is 58.9 Å². The molecule has 3 heterocycles. The number of anilines is 2. The van der Waals surface area contributed by atoms with E-state index >= 15 is 0 Å². The van der Waals surface area contributed by atoms with Crippen molar-refractivity contribution >= 4 is 17.3 Å². The van der Waals surface area contributed by atoms with Crippen LogP contribution in [-0.2, 0) is 4.74 Å². The predicted molar refractivity (Wildman–Crippen MR) is 73.1 cm³/mol. The Bertz CT molecular complexity index is 548. The van der Waals surface area contributed by atoms with Crippen molar-refractivity contribution in [3.05, 3.63) is 18.3 Å². The van der Waals surface area contributed by atoms with Crippen molar-refractivity contribution in [2.45, 2.75) is 0 Å². The molecule has 0 radical (unpaired) electrons. The molecular formula is C12H18N6O. The van der Waals surface area contributed by atoms with E-state index in [9.17, 15) is 0 Å². The topological polar surface area (TPSA) is 80.7 Å². The van der Waals surface area contributed by atoms with E-state index in [-0.39, 0.29) is 0 Å². The van der Waals surface area contributed by atoms with E-state index in [0.717, 1.165) is 50.7 Å². The molecule has 0 aromatic carbocycles. The van der Waals surface area contributed by atoms with Crippen LogP contribution >= 0.6 is 0 Å². The lowest BCUT2D eigenvalue weighted by molar-refractivity contribution is 0.0398. The fraction of sp³-hybridized carbons (Fsp3) is 0.500. The van der Waals surface area contributed by atoms with Gasteiger partial charge in [0.15, 0.2) is 5.65 Å². The average Bonchev–Trinajstić information content (AvgIpc) is 2.81. The molecule has 2 aromatic rings. The summed E-state index contributed by atoms with van der Waals surface area (Å²) in [6.45, 7) is 5.53. The Morgan fingerprint density at radius 2 is 2.21 bits per heavy atom. The second kappa shape index (κ2) is 5.41. The smallest absolute Gasteiger partial charge is 0.240 e. The van der Waals surface area contributed by atoms with Crippen LogP contribution in [0.25, 0.3) is 5.65 Å². The van der Waals surface area contributed by atoms with Gasteiger partial charge >= 0.3 is 0 Å². The van der Waals surface area contributed by atoms with Crippen LogP contribution in [0.5, 0.6) is 0 Å². The SMILES string of the molecule is Nc1nc2c(NCCN3CCOCC3)cccn2n1. The number of morpholine rings is 1.